The van der Waals surface area contributed by atoms with Crippen molar-refractivity contribution < 1.29 is 19.0 Å². The van der Waals surface area contributed by atoms with E-state index < -0.39 is 11.2 Å². The first-order valence-electron chi connectivity index (χ1n) is 16.2. The average Bonchev–Trinajstić information content (AvgIpc) is 3.77. The molecule has 10 nitrogen and oxygen atoms in total. The van der Waals surface area contributed by atoms with Crippen LogP contribution in [0.15, 0.2) is 73.1 Å². The standard InChI is InChI=1S/C21H23N3O3.C16H15N3O/c1-20(2,3)27-19(25)23-11-8-21(9-12-23)18-5-4-10-24(18)16-7-6-15(14-22)13-17(16)26-21;17-11-12-3-4-13-14(10-12)20-16(5-7-18-8-6-16)15-2-1-9-19(13)15/h4-7,10,13H,8-9,11-12H2,1-3H3;1-4,9-10,18H,5-8H2. The number of nitriles is 2. The summed E-state index contributed by atoms with van der Waals surface area (Å²) in [5.41, 5.74) is 4.23. The van der Waals surface area contributed by atoms with Crippen LogP contribution in [0.1, 0.15) is 69.0 Å². The van der Waals surface area contributed by atoms with Gasteiger partial charge in [-0.05, 0) is 82.4 Å². The predicted molar refractivity (Wildman–Crippen MR) is 175 cm³/mol. The molecule has 2 aromatic carbocycles. The number of carbonyl (C=O) groups excluding carboxylic acids is 1. The molecule has 2 saturated heterocycles. The minimum Gasteiger partial charge on any atom is -0.479 e. The van der Waals surface area contributed by atoms with Gasteiger partial charge in [0, 0.05) is 63.3 Å². The highest BCUT2D eigenvalue weighted by molar-refractivity contribution is 5.68. The summed E-state index contributed by atoms with van der Waals surface area (Å²) >= 11 is 0. The maximum Gasteiger partial charge on any atom is 0.410 e. The van der Waals surface area contributed by atoms with E-state index in [1.165, 1.54) is 5.69 Å². The lowest BCUT2D eigenvalue weighted by molar-refractivity contribution is -0.0268. The summed E-state index contributed by atoms with van der Waals surface area (Å²) in [5.74, 6) is 1.53. The van der Waals surface area contributed by atoms with Gasteiger partial charge in [-0.25, -0.2) is 4.79 Å². The number of likely N-dealkylation sites (tertiary alicyclic amines) is 1. The van der Waals surface area contributed by atoms with Crippen molar-refractivity contribution >= 4 is 6.09 Å². The van der Waals surface area contributed by atoms with E-state index in [1.54, 1.807) is 17.0 Å². The van der Waals surface area contributed by atoms with Gasteiger partial charge >= 0.3 is 6.09 Å². The summed E-state index contributed by atoms with van der Waals surface area (Å²) < 4.78 is 22.7. The van der Waals surface area contributed by atoms with E-state index in [0.717, 1.165) is 48.7 Å². The van der Waals surface area contributed by atoms with E-state index in [9.17, 15) is 10.1 Å². The van der Waals surface area contributed by atoms with E-state index in [2.05, 4.69) is 51.0 Å². The molecule has 4 aromatic rings. The van der Waals surface area contributed by atoms with E-state index >= 15 is 0 Å². The van der Waals surface area contributed by atoms with Gasteiger partial charge < -0.3 is 33.6 Å². The molecule has 8 rings (SSSR count). The molecule has 0 unspecified atom stereocenters. The first-order valence-corrected chi connectivity index (χ1v) is 16.2. The molecule has 0 saturated carbocycles. The molecule has 47 heavy (non-hydrogen) atoms. The van der Waals surface area contributed by atoms with Crippen LogP contribution in [0.2, 0.25) is 0 Å². The molecule has 240 valence electrons. The number of amides is 1. The zero-order valence-corrected chi connectivity index (χ0v) is 27.0. The van der Waals surface area contributed by atoms with Gasteiger partial charge in [-0.2, -0.15) is 10.5 Å². The van der Waals surface area contributed by atoms with Gasteiger partial charge in [0.2, 0.25) is 0 Å². The van der Waals surface area contributed by atoms with Crippen LogP contribution < -0.4 is 14.8 Å². The van der Waals surface area contributed by atoms with Gasteiger partial charge in [-0.3, -0.25) is 0 Å². The fourth-order valence-electron chi connectivity index (χ4n) is 7.10. The van der Waals surface area contributed by atoms with Crippen LogP contribution in [0.25, 0.3) is 11.4 Å². The van der Waals surface area contributed by atoms with Crippen molar-refractivity contribution in [2.45, 2.75) is 63.3 Å². The third-order valence-electron chi connectivity index (χ3n) is 9.37. The largest absolute Gasteiger partial charge is 0.479 e. The smallest absolute Gasteiger partial charge is 0.410 e. The van der Waals surface area contributed by atoms with Gasteiger partial charge in [-0.15, -0.1) is 0 Å². The summed E-state index contributed by atoms with van der Waals surface area (Å²) in [6.45, 7) is 8.66. The Balaban J connectivity index is 0.000000156. The van der Waals surface area contributed by atoms with E-state index in [0.29, 0.717) is 42.8 Å². The molecule has 0 radical (unpaired) electrons. The zero-order chi connectivity index (χ0) is 32.8. The SMILES string of the molecule is CC(C)(C)OC(=O)N1CCC2(CC1)Oc1cc(C#N)ccc1-n1cccc12.N#Cc1ccc2c(c1)OC1(CCNCC1)c1cccn1-2. The highest BCUT2D eigenvalue weighted by Crippen LogP contribution is 2.46. The fraction of sp³-hybridized carbons (Fsp3) is 0.378. The highest BCUT2D eigenvalue weighted by Gasteiger charge is 2.45. The topological polar surface area (TPSA) is 117 Å². The van der Waals surface area contributed by atoms with E-state index in [-0.39, 0.29) is 11.7 Å². The van der Waals surface area contributed by atoms with E-state index in [1.807, 2.05) is 57.3 Å². The number of fused-ring (bicyclic) bond motifs is 8. The molecule has 4 aliphatic heterocycles. The lowest BCUT2D eigenvalue weighted by Gasteiger charge is -2.45. The first-order chi connectivity index (χ1) is 22.6. The number of hydrogen-bond acceptors (Lipinski definition) is 7. The van der Waals surface area contributed by atoms with Crippen LogP contribution >= 0.6 is 0 Å². The Kier molecular flexibility index (Phi) is 7.49. The Morgan fingerprint density at radius 3 is 1.74 bits per heavy atom. The van der Waals surface area contributed by atoms with Crippen LogP contribution in [-0.4, -0.2) is 51.9 Å². The second-order valence-electron chi connectivity index (χ2n) is 13.5. The Bertz CT molecular complexity index is 1910. The third kappa shape index (κ3) is 5.49. The number of nitrogens with zero attached hydrogens (tertiary/aromatic N) is 5. The Morgan fingerprint density at radius 2 is 1.28 bits per heavy atom. The van der Waals surface area contributed by atoms with Crippen LogP contribution in [-0.2, 0) is 15.9 Å². The molecular weight excluding hydrogens is 592 g/mol. The molecule has 0 bridgehead atoms. The molecule has 1 N–H and O–H groups in total. The molecule has 6 heterocycles. The second-order valence-corrected chi connectivity index (χ2v) is 13.5. The minimum absolute atomic E-state index is 0.254. The number of aromatic nitrogens is 2. The molecule has 0 atom stereocenters. The minimum atomic E-state index is -0.505. The molecule has 2 aromatic heterocycles. The monoisotopic (exact) mass is 630 g/mol. The van der Waals surface area contributed by atoms with Crippen molar-refractivity contribution in [3.05, 3.63) is 95.6 Å². The summed E-state index contributed by atoms with van der Waals surface area (Å²) in [4.78, 5) is 14.1. The van der Waals surface area contributed by atoms with Crippen molar-refractivity contribution in [1.29, 1.82) is 10.5 Å². The van der Waals surface area contributed by atoms with E-state index in [4.69, 9.17) is 19.5 Å². The van der Waals surface area contributed by atoms with Gasteiger partial charge in [0.05, 0.1) is 46.0 Å². The van der Waals surface area contributed by atoms with Crippen molar-refractivity contribution in [3.8, 4) is 35.0 Å². The highest BCUT2D eigenvalue weighted by atomic mass is 16.6. The molecule has 4 aliphatic rings. The summed E-state index contributed by atoms with van der Waals surface area (Å²) in [6, 6.07) is 23.8. The number of nitrogens with one attached hydrogen (secondary N) is 1. The maximum absolute atomic E-state index is 12.4. The Labute approximate surface area is 274 Å². The van der Waals surface area contributed by atoms with Crippen molar-refractivity contribution in [2.75, 3.05) is 26.2 Å². The summed E-state index contributed by atoms with van der Waals surface area (Å²) in [7, 11) is 0. The quantitative estimate of drug-likeness (QED) is 0.243. The van der Waals surface area contributed by atoms with Crippen LogP contribution in [0.3, 0.4) is 0 Å². The molecule has 1 amide bonds. The third-order valence-corrected chi connectivity index (χ3v) is 9.37. The summed E-state index contributed by atoms with van der Waals surface area (Å²) in [5, 5.41) is 21.7. The van der Waals surface area contributed by atoms with Gasteiger partial charge in [0.15, 0.2) is 11.2 Å². The summed E-state index contributed by atoms with van der Waals surface area (Å²) in [6.07, 6.45) is 7.06. The van der Waals surface area contributed by atoms with Crippen LogP contribution in [0.5, 0.6) is 11.5 Å². The van der Waals surface area contributed by atoms with Gasteiger partial charge in [-0.1, -0.05) is 0 Å². The Morgan fingerprint density at radius 1 is 0.787 bits per heavy atom. The fourth-order valence-corrected chi connectivity index (χ4v) is 7.10. The normalized spacial score (nSPS) is 18.0. The van der Waals surface area contributed by atoms with Gasteiger partial charge in [0.25, 0.3) is 0 Å². The van der Waals surface area contributed by atoms with Crippen molar-refractivity contribution in [1.82, 2.24) is 19.4 Å². The van der Waals surface area contributed by atoms with Gasteiger partial charge in [0.1, 0.15) is 17.1 Å². The maximum atomic E-state index is 12.4. The number of carbonyl (C=O) groups is 1. The number of hydrogen-bond donors (Lipinski definition) is 1. The number of rotatable bonds is 0. The molecular formula is C37H38N6O4. The molecule has 2 fully saturated rings. The number of piperidine rings is 2. The molecule has 0 aliphatic carbocycles. The zero-order valence-electron chi connectivity index (χ0n) is 27.0. The second kappa shape index (κ2) is 11.6. The molecule has 2 spiro atoms. The van der Waals surface area contributed by atoms with Crippen molar-refractivity contribution in [2.24, 2.45) is 0 Å². The van der Waals surface area contributed by atoms with Crippen LogP contribution in [0.4, 0.5) is 4.79 Å². The van der Waals surface area contributed by atoms with Crippen LogP contribution in [0, 0.1) is 22.7 Å². The van der Waals surface area contributed by atoms with Crippen molar-refractivity contribution in [3.63, 3.8) is 0 Å². The lowest BCUT2D eigenvalue weighted by atomic mass is 9.86. The molecule has 10 heteroatoms. The first kappa shape index (κ1) is 30.5. The lowest BCUT2D eigenvalue weighted by Crippen LogP contribution is -2.50. The number of benzene rings is 2. The predicted octanol–water partition coefficient (Wildman–Crippen LogP) is 6.29. The Hall–Kier alpha value is -5.19. The number of ether oxygens (including phenoxy) is 3. The average molecular weight is 631 g/mol.